The van der Waals surface area contributed by atoms with Gasteiger partial charge in [0.15, 0.2) is 0 Å². The van der Waals surface area contributed by atoms with E-state index in [0.717, 1.165) is 108 Å². The number of aromatic amines is 5. The van der Waals surface area contributed by atoms with Crippen molar-refractivity contribution in [1.29, 1.82) is 0 Å². The van der Waals surface area contributed by atoms with Gasteiger partial charge in [0.2, 0.25) is 59.1 Å². The molecule has 15 heterocycles. The maximum atomic E-state index is 13.0. The number of aliphatic hydroxyl groups is 1. The molecule has 29 nitrogen and oxygen atoms in total. The maximum absolute atomic E-state index is 13.0. The Morgan fingerprint density at radius 2 is 0.651 bits per heavy atom. The standard InChI is InChI=1S/C23H23N3O3.C21H25N3O2.C19H23N3O2.C18H21N3O4.C16H17N3O3/c1-25-12-21(27)26-19(23(25)28)11-17-16-9-5-6-10-18(16)24-22(17)20(26)14-29-13-15-7-3-2-4-8-15;1-23-12-18(25)24-17(21(23)26)11-15-14-9-5-6-10-16(14)22-19(15)20(24)13-7-3-2-4-8-13;1-11(2)8-15-18-13(12-6-4-5-7-14(12)20-18)9-16-19(24)21(3)10-17(23)22(15)16;1-20-8-16(22)21-14(18(20)23)7-12-11-5-3-4-6-13(11)19-17(12)15(21)9-25-10-24-2;1-18-7-14(21)19-12(16(18)22)6-10-9-4-2-3-5-11(9)17-15(10)13(19)8-20/h2-10,19-20,24H,11-14H2,1H3;5-6,9-10,13,17,20,22H,2-4,7-8,11-12H2,1H3;4-7,11,15-16,20H,8-10H2,1-3H3;3-6,14-15,19H,7-10H2,1-2H3;2-5,12-13,17,20H,6-8H2,1H3/t19-,20-;17-,20-;15-,16-;14-,15-;12-,13-/m10011/s1. The second-order valence-electron chi connectivity index (χ2n) is 35.9. The molecular weight excluding hydrogens is 1600 g/mol. The Hall–Kier alpha value is -12.4. The zero-order valence-electron chi connectivity index (χ0n) is 72.4. The molecule has 22 rings (SSSR count). The molecule has 0 unspecified atom stereocenters. The summed E-state index contributed by atoms with van der Waals surface area (Å²) in [6.45, 7) is 6.03. The predicted octanol–water partition coefficient (Wildman–Crippen LogP) is 9.63. The first-order chi connectivity index (χ1) is 61.0. The van der Waals surface area contributed by atoms with Crippen LogP contribution >= 0.6 is 0 Å². The van der Waals surface area contributed by atoms with E-state index in [4.69, 9.17) is 14.2 Å². The average Bonchev–Trinajstić information content (AvgIpc) is 1.54. The first-order valence-electron chi connectivity index (χ1n) is 44.1. The number of fused-ring (bicyclic) bond motifs is 20. The lowest BCUT2D eigenvalue weighted by Gasteiger charge is -2.49. The van der Waals surface area contributed by atoms with Gasteiger partial charge in [-0.25, -0.2) is 0 Å². The van der Waals surface area contributed by atoms with E-state index >= 15 is 0 Å². The van der Waals surface area contributed by atoms with Crippen LogP contribution in [0.3, 0.4) is 0 Å². The summed E-state index contributed by atoms with van der Waals surface area (Å²) in [5.74, 6) is 0.881. The molecule has 0 bridgehead atoms. The van der Waals surface area contributed by atoms with Gasteiger partial charge in [-0.1, -0.05) is 154 Å². The van der Waals surface area contributed by atoms with Gasteiger partial charge in [-0.3, -0.25) is 47.9 Å². The molecule has 11 aliphatic rings. The second-order valence-corrected chi connectivity index (χ2v) is 35.9. The Morgan fingerprint density at radius 1 is 0.357 bits per heavy atom. The van der Waals surface area contributed by atoms with Crippen LogP contribution in [0, 0.1) is 11.8 Å². The highest BCUT2D eigenvalue weighted by molar-refractivity contribution is 6.02. The lowest BCUT2D eigenvalue weighted by atomic mass is 9.77. The van der Waals surface area contributed by atoms with Crippen LogP contribution in [0.4, 0.5) is 0 Å². The van der Waals surface area contributed by atoms with Gasteiger partial charge < -0.3 is 93.2 Å². The fourth-order valence-corrected chi connectivity index (χ4v) is 21.8. The Balaban J connectivity index is 0.000000107. The molecule has 126 heavy (non-hydrogen) atoms. The highest BCUT2D eigenvalue weighted by atomic mass is 16.7. The number of ether oxygens (including phenoxy) is 3. The summed E-state index contributed by atoms with van der Waals surface area (Å²) in [4.78, 5) is 161. The molecule has 6 fully saturated rings. The summed E-state index contributed by atoms with van der Waals surface area (Å²) in [6, 6.07) is 47.2. The number of rotatable bonds is 12. The molecule has 10 atom stereocenters. The van der Waals surface area contributed by atoms with Crippen molar-refractivity contribution < 1.29 is 67.3 Å². The van der Waals surface area contributed by atoms with Gasteiger partial charge in [0.25, 0.3) is 0 Å². The van der Waals surface area contributed by atoms with Crippen LogP contribution in [0.25, 0.3) is 54.5 Å². The molecule has 10 amide bonds. The number of H-pyrrole nitrogens is 5. The maximum Gasteiger partial charge on any atom is 0.245 e. The number of benzene rings is 6. The van der Waals surface area contributed by atoms with Crippen LogP contribution in [0.1, 0.15) is 144 Å². The lowest BCUT2D eigenvalue weighted by molar-refractivity contribution is -0.161. The second kappa shape index (κ2) is 34.8. The SMILES string of the molecule is CC(C)C[C@H]1c2[nH]c3ccccc3c2C[C@H]2C(=O)N(C)CC(=O)N21.CN1CC(=O)N2[C@@H](C3CCCCC3)c3[nH]c4ccccc4c3C[C@H]2C1=O.CN1CC(=O)N2[C@H](Cc3c([nH]c4ccccc34)[C@H]2CO)C1=O.CN1CC(=O)N2[C@H](Cc3c([nH]c4ccccc34)[C@H]2COCc2ccccc2)C1=O.COCOC[C@@H]1c2[nH]c3ccccc3c2C[C@@H]2C(=O)N(C)CC(=O)N21. The van der Waals surface area contributed by atoms with Gasteiger partial charge >= 0.3 is 0 Å². The van der Waals surface area contributed by atoms with Gasteiger partial charge in [0.1, 0.15) is 37.0 Å². The molecule has 5 saturated heterocycles. The van der Waals surface area contributed by atoms with Crippen LogP contribution in [0.2, 0.25) is 0 Å². The molecule has 5 aromatic heterocycles. The third kappa shape index (κ3) is 15.2. The van der Waals surface area contributed by atoms with Crippen molar-refractivity contribution in [2.75, 3.05) is 102 Å². The minimum absolute atomic E-state index is 0.00593. The first kappa shape index (κ1) is 84.4. The number of hydrogen-bond donors (Lipinski definition) is 6. The number of hydrogen-bond acceptors (Lipinski definition) is 14. The number of carbonyl (C=O) groups excluding carboxylic acids is 10. The van der Waals surface area contributed by atoms with Crippen molar-refractivity contribution in [3.63, 3.8) is 0 Å². The van der Waals surface area contributed by atoms with E-state index in [1.165, 1.54) is 61.6 Å². The highest BCUT2D eigenvalue weighted by Gasteiger charge is 2.54. The molecule has 6 N–H and O–H groups in total. The van der Waals surface area contributed by atoms with Gasteiger partial charge in [-0.2, -0.15) is 0 Å². The quantitative estimate of drug-likeness (QED) is 0.0490. The fraction of sp³-hybridized carbons (Fsp3) is 0.423. The minimum atomic E-state index is -0.518. The summed E-state index contributed by atoms with van der Waals surface area (Å²) in [6.07, 6.45) is 9.62. The van der Waals surface area contributed by atoms with E-state index < -0.39 is 24.2 Å². The van der Waals surface area contributed by atoms with Crippen LogP contribution in [-0.4, -0.2) is 270 Å². The summed E-state index contributed by atoms with van der Waals surface area (Å²) < 4.78 is 16.6. The summed E-state index contributed by atoms with van der Waals surface area (Å²) >= 11 is 0. The third-order valence-corrected chi connectivity index (χ3v) is 27.6. The van der Waals surface area contributed by atoms with Crippen LogP contribution in [-0.2, 0) is 101 Å². The van der Waals surface area contributed by atoms with E-state index in [1.807, 2.05) is 125 Å². The molecule has 1 saturated carbocycles. The van der Waals surface area contributed by atoms with Gasteiger partial charge in [0, 0.05) is 157 Å². The first-order valence-corrected chi connectivity index (χ1v) is 44.1. The Kier molecular flexibility index (Phi) is 23.3. The molecular formula is C97H109N15O14. The monoisotopic (exact) mass is 1710 g/mol. The number of likely N-dealkylation sites (N-methyl/N-ethyl adjacent to an activating group) is 5. The molecule has 11 aromatic rings. The van der Waals surface area contributed by atoms with Gasteiger partial charge in [-0.15, -0.1) is 0 Å². The summed E-state index contributed by atoms with van der Waals surface area (Å²) in [5, 5.41) is 15.5. The molecule has 10 aliphatic heterocycles. The van der Waals surface area contributed by atoms with Gasteiger partial charge in [-0.05, 0) is 94.8 Å². The highest BCUT2D eigenvalue weighted by Crippen LogP contribution is 2.49. The number of nitrogens with one attached hydrogen (secondary N) is 5. The largest absolute Gasteiger partial charge is 0.394 e. The molecule has 29 heteroatoms. The van der Waals surface area contributed by atoms with Crippen molar-refractivity contribution in [2.24, 2.45) is 11.8 Å². The van der Waals surface area contributed by atoms with Crippen LogP contribution in [0.5, 0.6) is 0 Å². The summed E-state index contributed by atoms with van der Waals surface area (Å²) in [7, 11) is 10.1. The smallest absolute Gasteiger partial charge is 0.245 e. The predicted molar refractivity (Wildman–Crippen MR) is 472 cm³/mol. The molecule has 0 radical (unpaired) electrons. The van der Waals surface area contributed by atoms with Gasteiger partial charge in [0.05, 0.1) is 89.4 Å². The number of nitrogens with zero attached hydrogens (tertiary/aromatic N) is 10. The molecule has 0 spiro atoms. The van der Waals surface area contributed by atoms with E-state index in [1.54, 1.807) is 66.8 Å². The Labute approximate surface area is 729 Å². The Morgan fingerprint density at radius 3 is 1.01 bits per heavy atom. The van der Waals surface area contributed by atoms with E-state index in [0.29, 0.717) is 57.2 Å². The fourth-order valence-electron chi connectivity index (χ4n) is 21.8. The molecule has 1 aliphatic carbocycles. The van der Waals surface area contributed by atoms with E-state index in [2.05, 4.69) is 75.2 Å². The van der Waals surface area contributed by atoms with Crippen molar-refractivity contribution in [1.82, 2.24) is 73.9 Å². The normalized spacial score (nSPS) is 23.9. The Bertz CT molecular complexity index is 6080. The zero-order chi connectivity index (χ0) is 87.8. The zero-order valence-corrected chi connectivity index (χ0v) is 72.4. The lowest BCUT2D eigenvalue weighted by Crippen LogP contribution is -2.62. The molecule has 6 aromatic carbocycles. The number of aromatic nitrogens is 5. The van der Waals surface area contributed by atoms with E-state index in [9.17, 15) is 53.1 Å². The number of para-hydroxylation sites is 5. The third-order valence-electron chi connectivity index (χ3n) is 27.6. The number of aliphatic hydroxyl groups excluding tert-OH is 1. The van der Waals surface area contributed by atoms with Crippen molar-refractivity contribution >= 4 is 114 Å². The number of methoxy groups -OCH3 is 1. The number of piperazine rings is 5. The molecule has 656 valence electrons. The minimum Gasteiger partial charge on any atom is -0.394 e. The van der Waals surface area contributed by atoms with Crippen LogP contribution < -0.4 is 0 Å². The van der Waals surface area contributed by atoms with Crippen LogP contribution in [0.15, 0.2) is 152 Å². The summed E-state index contributed by atoms with van der Waals surface area (Å²) in [5.41, 5.74) is 17.1. The topological polar surface area (TPSA) is 330 Å². The van der Waals surface area contributed by atoms with Crippen molar-refractivity contribution in [3.05, 3.63) is 214 Å². The van der Waals surface area contributed by atoms with E-state index in [-0.39, 0.29) is 148 Å². The number of amides is 10. The van der Waals surface area contributed by atoms with Crippen molar-refractivity contribution in [3.8, 4) is 0 Å². The number of carbonyl (C=O) groups is 10. The van der Waals surface area contributed by atoms with Crippen molar-refractivity contribution in [2.45, 2.75) is 152 Å². The average molecular weight is 1710 g/mol.